The topological polar surface area (TPSA) is 42.4 Å². The predicted octanol–water partition coefficient (Wildman–Crippen LogP) is 4.71. The van der Waals surface area contributed by atoms with Gasteiger partial charge < -0.3 is 9.64 Å². The molecule has 148 valence electrons. The van der Waals surface area contributed by atoms with Crippen LogP contribution in [0.5, 0.6) is 5.75 Å². The van der Waals surface area contributed by atoms with Crippen molar-refractivity contribution in [3.63, 3.8) is 0 Å². The molecule has 2 aromatic carbocycles. The second-order valence-corrected chi connectivity index (χ2v) is 7.29. The molecule has 1 amide bonds. The van der Waals surface area contributed by atoms with Crippen LogP contribution in [0.3, 0.4) is 0 Å². The standard InChI is InChI=1S/C24H23FN2O2/c1-17(28)27(16-20-9-5-6-10-23(20)29-24-14-21(24)25)22-15-26-12-11-19(22)13-18-7-3-2-4-8-18/h2-12,15,21,24H,13-14,16H2,1H3. The summed E-state index contributed by atoms with van der Waals surface area (Å²) in [6.45, 7) is 1.88. The lowest BCUT2D eigenvalue weighted by Crippen LogP contribution is -2.29. The Bertz CT molecular complexity index is 993. The first-order chi connectivity index (χ1) is 14.1. The van der Waals surface area contributed by atoms with Gasteiger partial charge in [0, 0.05) is 25.1 Å². The van der Waals surface area contributed by atoms with E-state index in [2.05, 4.69) is 17.1 Å². The van der Waals surface area contributed by atoms with Crippen molar-refractivity contribution >= 4 is 11.6 Å². The lowest BCUT2D eigenvalue weighted by atomic mass is 10.0. The Labute approximate surface area is 170 Å². The van der Waals surface area contributed by atoms with Gasteiger partial charge in [0.25, 0.3) is 0 Å². The number of nitrogens with zero attached hydrogens (tertiary/aromatic N) is 2. The van der Waals surface area contributed by atoms with E-state index in [1.165, 1.54) is 0 Å². The molecule has 0 N–H and O–H groups in total. The smallest absolute Gasteiger partial charge is 0.224 e. The summed E-state index contributed by atoms with van der Waals surface area (Å²) in [4.78, 5) is 18.5. The van der Waals surface area contributed by atoms with Crippen LogP contribution in [0.15, 0.2) is 73.1 Å². The number of carbonyl (C=O) groups is 1. The van der Waals surface area contributed by atoms with E-state index >= 15 is 0 Å². The van der Waals surface area contributed by atoms with Gasteiger partial charge in [-0.3, -0.25) is 9.78 Å². The molecule has 2 atom stereocenters. The normalized spacial score (nSPS) is 17.6. The number of carbonyl (C=O) groups excluding carboxylic acids is 1. The van der Waals surface area contributed by atoms with Crippen molar-refractivity contribution in [1.82, 2.24) is 4.98 Å². The summed E-state index contributed by atoms with van der Waals surface area (Å²) in [6, 6.07) is 19.6. The number of alkyl halides is 1. The highest BCUT2D eigenvalue weighted by Crippen LogP contribution is 2.33. The first-order valence-electron chi connectivity index (χ1n) is 9.75. The van der Waals surface area contributed by atoms with Crippen molar-refractivity contribution in [3.05, 3.63) is 89.7 Å². The fourth-order valence-corrected chi connectivity index (χ4v) is 3.34. The van der Waals surface area contributed by atoms with Crippen LogP contribution in [0.1, 0.15) is 30.0 Å². The molecule has 0 radical (unpaired) electrons. The van der Waals surface area contributed by atoms with E-state index in [0.717, 1.165) is 22.4 Å². The van der Waals surface area contributed by atoms with Crippen LogP contribution in [-0.4, -0.2) is 23.2 Å². The fraction of sp³-hybridized carbons (Fsp3) is 0.250. The van der Waals surface area contributed by atoms with Crippen LogP contribution in [0.25, 0.3) is 0 Å². The van der Waals surface area contributed by atoms with Crippen molar-refractivity contribution in [1.29, 1.82) is 0 Å². The number of para-hydroxylation sites is 1. The summed E-state index contributed by atoms with van der Waals surface area (Å²) < 4.78 is 19.1. The van der Waals surface area contributed by atoms with E-state index in [-0.39, 0.29) is 12.0 Å². The number of aromatic nitrogens is 1. The SMILES string of the molecule is CC(=O)N(Cc1ccccc1OC1CC1F)c1cnccc1Cc1ccccc1. The maximum atomic E-state index is 13.3. The van der Waals surface area contributed by atoms with Crippen molar-refractivity contribution in [2.24, 2.45) is 0 Å². The van der Waals surface area contributed by atoms with Crippen molar-refractivity contribution in [2.45, 2.75) is 38.6 Å². The number of anilines is 1. The van der Waals surface area contributed by atoms with Crippen LogP contribution < -0.4 is 9.64 Å². The molecular formula is C24H23FN2O2. The second kappa shape index (κ2) is 8.43. The van der Waals surface area contributed by atoms with Gasteiger partial charge in [-0.05, 0) is 29.7 Å². The minimum atomic E-state index is -0.900. The van der Waals surface area contributed by atoms with E-state index in [1.54, 1.807) is 24.2 Å². The molecule has 1 heterocycles. The van der Waals surface area contributed by atoms with Crippen molar-refractivity contribution < 1.29 is 13.9 Å². The van der Waals surface area contributed by atoms with Gasteiger partial charge in [-0.2, -0.15) is 0 Å². The third kappa shape index (κ3) is 4.62. The molecule has 0 bridgehead atoms. The maximum Gasteiger partial charge on any atom is 0.224 e. The maximum absolute atomic E-state index is 13.3. The van der Waals surface area contributed by atoms with Gasteiger partial charge in [0.15, 0.2) is 0 Å². The average molecular weight is 390 g/mol. The molecule has 0 spiro atoms. The zero-order valence-corrected chi connectivity index (χ0v) is 16.3. The highest BCUT2D eigenvalue weighted by molar-refractivity contribution is 5.92. The summed E-state index contributed by atoms with van der Waals surface area (Å²) in [5.74, 6) is 0.536. The molecule has 1 aromatic heterocycles. The number of hydrogen-bond donors (Lipinski definition) is 0. The van der Waals surface area contributed by atoms with Gasteiger partial charge in [0.2, 0.25) is 5.91 Å². The molecule has 5 heteroatoms. The second-order valence-electron chi connectivity index (χ2n) is 7.29. The number of hydrogen-bond acceptors (Lipinski definition) is 3. The first kappa shape index (κ1) is 19.1. The van der Waals surface area contributed by atoms with Crippen molar-refractivity contribution in [3.8, 4) is 5.75 Å². The Kier molecular flexibility index (Phi) is 5.56. The van der Waals surface area contributed by atoms with Crippen LogP contribution >= 0.6 is 0 Å². The van der Waals surface area contributed by atoms with Crippen LogP contribution in [0, 0.1) is 0 Å². The third-order valence-electron chi connectivity index (χ3n) is 5.03. The number of pyridine rings is 1. The molecule has 2 unspecified atom stereocenters. The van der Waals surface area contributed by atoms with Gasteiger partial charge in [-0.1, -0.05) is 48.5 Å². The van der Waals surface area contributed by atoms with Gasteiger partial charge in [0.1, 0.15) is 18.0 Å². The predicted molar refractivity (Wildman–Crippen MR) is 111 cm³/mol. The Morgan fingerprint density at radius 1 is 1.10 bits per heavy atom. The molecule has 1 aliphatic rings. The molecule has 1 fully saturated rings. The Balaban J connectivity index is 1.62. The summed E-state index contributed by atoms with van der Waals surface area (Å²) in [6.07, 6.45) is 3.31. The van der Waals surface area contributed by atoms with Crippen LogP contribution in [0.4, 0.5) is 10.1 Å². The third-order valence-corrected chi connectivity index (χ3v) is 5.03. The summed E-state index contributed by atoms with van der Waals surface area (Å²) in [5, 5.41) is 0. The number of ether oxygens (including phenoxy) is 1. The summed E-state index contributed by atoms with van der Waals surface area (Å²) in [7, 11) is 0. The van der Waals surface area contributed by atoms with Gasteiger partial charge >= 0.3 is 0 Å². The molecule has 29 heavy (non-hydrogen) atoms. The lowest BCUT2D eigenvalue weighted by Gasteiger charge is -2.25. The average Bonchev–Trinajstić information content (AvgIpc) is 3.43. The minimum absolute atomic E-state index is 0.0862. The quantitative estimate of drug-likeness (QED) is 0.587. The minimum Gasteiger partial charge on any atom is -0.487 e. The number of rotatable bonds is 7. The van der Waals surface area contributed by atoms with Crippen LogP contribution in [0.2, 0.25) is 0 Å². The van der Waals surface area contributed by atoms with Gasteiger partial charge in [0.05, 0.1) is 18.4 Å². The molecule has 0 saturated heterocycles. The largest absolute Gasteiger partial charge is 0.487 e. The summed E-state index contributed by atoms with van der Waals surface area (Å²) in [5.41, 5.74) is 3.80. The molecule has 4 rings (SSSR count). The molecule has 4 nitrogen and oxygen atoms in total. The molecule has 1 saturated carbocycles. The van der Waals surface area contributed by atoms with E-state index in [4.69, 9.17) is 4.74 Å². The molecule has 1 aliphatic carbocycles. The zero-order valence-electron chi connectivity index (χ0n) is 16.3. The fourth-order valence-electron chi connectivity index (χ4n) is 3.34. The zero-order chi connectivity index (χ0) is 20.2. The van der Waals surface area contributed by atoms with Gasteiger partial charge in [-0.25, -0.2) is 4.39 Å². The molecule has 3 aromatic rings. The number of halogens is 1. The number of amides is 1. The van der Waals surface area contributed by atoms with Gasteiger partial charge in [-0.15, -0.1) is 0 Å². The van der Waals surface area contributed by atoms with E-state index in [0.29, 0.717) is 25.1 Å². The van der Waals surface area contributed by atoms with E-state index in [9.17, 15) is 9.18 Å². The highest BCUT2D eigenvalue weighted by Gasteiger charge is 2.40. The van der Waals surface area contributed by atoms with E-state index < -0.39 is 6.17 Å². The molecular weight excluding hydrogens is 367 g/mol. The lowest BCUT2D eigenvalue weighted by molar-refractivity contribution is -0.116. The Morgan fingerprint density at radius 3 is 2.55 bits per heavy atom. The highest BCUT2D eigenvalue weighted by atomic mass is 19.1. The van der Waals surface area contributed by atoms with Crippen molar-refractivity contribution in [2.75, 3.05) is 4.90 Å². The Morgan fingerprint density at radius 2 is 1.83 bits per heavy atom. The Hall–Kier alpha value is -3.21. The monoisotopic (exact) mass is 390 g/mol. The molecule has 0 aliphatic heterocycles. The number of benzene rings is 2. The van der Waals surface area contributed by atoms with Crippen LogP contribution in [-0.2, 0) is 17.8 Å². The van der Waals surface area contributed by atoms with E-state index in [1.807, 2.05) is 48.5 Å². The summed E-state index contributed by atoms with van der Waals surface area (Å²) >= 11 is 0. The first-order valence-corrected chi connectivity index (χ1v) is 9.75.